The molecule has 1 aliphatic heterocycles. The van der Waals surface area contributed by atoms with E-state index in [9.17, 15) is 10.2 Å². The molecule has 0 aromatic heterocycles. The van der Waals surface area contributed by atoms with Crippen LogP contribution in [0.5, 0.6) is 11.5 Å². The van der Waals surface area contributed by atoms with Gasteiger partial charge in [0.25, 0.3) is 0 Å². The molecule has 1 heterocycles. The van der Waals surface area contributed by atoms with Gasteiger partial charge in [-0.1, -0.05) is 36.4 Å². The van der Waals surface area contributed by atoms with Crippen molar-refractivity contribution in [3.05, 3.63) is 59.2 Å². The number of phenolic OH excluding ortho intramolecular Hbond substituents is 2. The Morgan fingerprint density at radius 1 is 1.00 bits per heavy atom. The SMILES string of the molecule is Oc1ccc2c(c1O)CC(c1ccccc1)NC2. The molecule has 2 aromatic carbocycles. The first-order chi connectivity index (χ1) is 8.75. The van der Waals surface area contributed by atoms with Gasteiger partial charge in [-0.2, -0.15) is 0 Å². The molecule has 92 valence electrons. The highest BCUT2D eigenvalue weighted by atomic mass is 16.3. The highest BCUT2D eigenvalue weighted by Crippen LogP contribution is 2.36. The fourth-order valence-corrected chi connectivity index (χ4v) is 2.49. The van der Waals surface area contributed by atoms with E-state index in [1.807, 2.05) is 24.3 Å². The van der Waals surface area contributed by atoms with Crippen LogP contribution in [0.25, 0.3) is 0 Å². The summed E-state index contributed by atoms with van der Waals surface area (Å²) in [5.74, 6) is -0.0163. The first-order valence-corrected chi connectivity index (χ1v) is 6.06. The lowest BCUT2D eigenvalue weighted by atomic mass is 9.91. The van der Waals surface area contributed by atoms with Gasteiger partial charge in [-0.15, -0.1) is 0 Å². The van der Waals surface area contributed by atoms with Gasteiger partial charge in [0.1, 0.15) is 0 Å². The minimum Gasteiger partial charge on any atom is -0.504 e. The topological polar surface area (TPSA) is 52.5 Å². The highest BCUT2D eigenvalue weighted by molar-refractivity contribution is 5.50. The first kappa shape index (κ1) is 11.1. The van der Waals surface area contributed by atoms with Crippen LogP contribution in [0, 0.1) is 0 Å². The molecule has 0 saturated carbocycles. The number of benzene rings is 2. The molecule has 1 unspecified atom stereocenters. The van der Waals surface area contributed by atoms with Crippen LogP contribution in [-0.2, 0) is 13.0 Å². The highest BCUT2D eigenvalue weighted by Gasteiger charge is 2.23. The van der Waals surface area contributed by atoms with Crippen LogP contribution in [0.2, 0.25) is 0 Å². The summed E-state index contributed by atoms with van der Waals surface area (Å²) in [6, 6.07) is 13.7. The number of fused-ring (bicyclic) bond motifs is 1. The lowest BCUT2D eigenvalue weighted by Crippen LogP contribution is -2.28. The van der Waals surface area contributed by atoms with Crippen molar-refractivity contribution < 1.29 is 10.2 Å². The van der Waals surface area contributed by atoms with Gasteiger partial charge in [0.2, 0.25) is 0 Å². The molecule has 0 saturated heterocycles. The zero-order valence-corrected chi connectivity index (χ0v) is 9.93. The molecule has 3 heteroatoms. The Labute approximate surface area is 106 Å². The zero-order chi connectivity index (χ0) is 12.5. The number of phenols is 2. The number of nitrogens with one attached hydrogen (secondary N) is 1. The Kier molecular flexibility index (Phi) is 2.68. The third kappa shape index (κ3) is 1.83. The molecule has 3 N–H and O–H groups in total. The van der Waals surface area contributed by atoms with Gasteiger partial charge in [-0.05, 0) is 23.6 Å². The fraction of sp³-hybridized carbons (Fsp3) is 0.200. The largest absolute Gasteiger partial charge is 0.504 e. The third-order valence-corrected chi connectivity index (χ3v) is 3.51. The van der Waals surface area contributed by atoms with E-state index in [1.165, 1.54) is 5.56 Å². The Morgan fingerprint density at radius 3 is 2.56 bits per heavy atom. The standard InChI is InChI=1S/C15H15NO2/c17-14-7-6-11-9-16-13(8-12(11)15(14)18)10-4-2-1-3-5-10/h1-7,13,16-18H,8-9H2. The molecule has 1 aliphatic rings. The van der Waals surface area contributed by atoms with Crippen molar-refractivity contribution in [3.63, 3.8) is 0 Å². The van der Waals surface area contributed by atoms with E-state index < -0.39 is 0 Å². The van der Waals surface area contributed by atoms with Gasteiger partial charge in [-0.25, -0.2) is 0 Å². The van der Waals surface area contributed by atoms with E-state index in [0.717, 1.165) is 11.1 Å². The van der Waals surface area contributed by atoms with Crippen molar-refractivity contribution in [2.24, 2.45) is 0 Å². The van der Waals surface area contributed by atoms with Gasteiger partial charge in [0.05, 0.1) is 0 Å². The van der Waals surface area contributed by atoms with E-state index in [1.54, 1.807) is 6.07 Å². The summed E-state index contributed by atoms with van der Waals surface area (Å²) in [5, 5.41) is 22.9. The van der Waals surface area contributed by atoms with E-state index in [0.29, 0.717) is 13.0 Å². The summed E-state index contributed by atoms with van der Waals surface area (Å²) in [6.07, 6.45) is 0.694. The van der Waals surface area contributed by atoms with Gasteiger partial charge < -0.3 is 15.5 Å². The van der Waals surface area contributed by atoms with Crippen LogP contribution in [-0.4, -0.2) is 10.2 Å². The Hall–Kier alpha value is -2.00. The van der Waals surface area contributed by atoms with Crippen LogP contribution in [0.4, 0.5) is 0 Å². The zero-order valence-electron chi connectivity index (χ0n) is 9.93. The van der Waals surface area contributed by atoms with E-state index >= 15 is 0 Å². The molecule has 0 fully saturated rings. The number of hydrogen-bond donors (Lipinski definition) is 3. The second-order valence-electron chi connectivity index (χ2n) is 4.62. The number of aromatic hydroxyl groups is 2. The van der Waals surface area contributed by atoms with Crippen molar-refractivity contribution in [3.8, 4) is 11.5 Å². The van der Waals surface area contributed by atoms with Crippen LogP contribution in [0.1, 0.15) is 22.7 Å². The molecular formula is C15H15NO2. The molecule has 1 atom stereocenters. The Balaban J connectivity index is 1.96. The van der Waals surface area contributed by atoms with Crippen molar-refractivity contribution in [2.45, 2.75) is 19.0 Å². The van der Waals surface area contributed by atoms with Crippen LogP contribution in [0.3, 0.4) is 0 Å². The smallest absolute Gasteiger partial charge is 0.161 e. The average Bonchev–Trinajstić information content (AvgIpc) is 2.44. The summed E-state index contributed by atoms with van der Waals surface area (Å²) in [7, 11) is 0. The van der Waals surface area contributed by atoms with E-state index in [-0.39, 0.29) is 17.5 Å². The molecule has 18 heavy (non-hydrogen) atoms. The minimum atomic E-state index is -0.0394. The van der Waals surface area contributed by atoms with E-state index in [2.05, 4.69) is 17.4 Å². The van der Waals surface area contributed by atoms with Crippen molar-refractivity contribution in [2.75, 3.05) is 0 Å². The molecule has 2 aromatic rings. The minimum absolute atomic E-state index is 0.0231. The second kappa shape index (κ2) is 4.35. The number of hydrogen-bond acceptors (Lipinski definition) is 3. The molecule has 0 aliphatic carbocycles. The van der Waals surface area contributed by atoms with E-state index in [4.69, 9.17) is 0 Å². The van der Waals surface area contributed by atoms with Crippen molar-refractivity contribution in [1.29, 1.82) is 0 Å². The predicted octanol–water partition coefficient (Wildman–Crippen LogP) is 2.48. The van der Waals surface area contributed by atoms with Crippen LogP contribution >= 0.6 is 0 Å². The summed E-state index contributed by atoms with van der Waals surface area (Å²) >= 11 is 0. The Bertz CT molecular complexity index is 566. The molecule has 0 bridgehead atoms. The molecule has 0 radical (unpaired) electrons. The fourth-order valence-electron chi connectivity index (χ4n) is 2.49. The predicted molar refractivity (Wildman–Crippen MR) is 69.5 cm³/mol. The van der Waals surface area contributed by atoms with Gasteiger partial charge in [0.15, 0.2) is 11.5 Å². The lowest BCUT2D eigenvalue weighted by molar-refractivity contribution is 0.388. The van der Waals surface area contributed by atoms with Crippen molar-refractivity contribution >= 4 is 0 Å². The molecule has 3 rings (SSSR count). The normalized spacial score (nSPS) is 18.3. The molecule has 0 spiro atoms. The summed E-state index contributed by atoms with van der Waals surface area (Å²) in [6.45, 7) is 0.711. The summed E-state index contributed by atoms with van der Waals surface area (Å²) in [4.78, 5) is 0. The maximum absolute atomic E-state index is 9.93. The number of rotatable bonds is 1. The maximum Gasteiger partial charge on any atom is 0.161 e. The van der Waals surface area contributed by atoms with Crippen LogP contribution in [0.15, 0.2) is 42.5 Å². The lowest BCUT2D eigenvalue weighted by Gasteiger charge is -2.27. The average molecular weight is 241 g/mol. The molecular weight excluding hydrogens is 226 g/mol. The van der Waals surface area contributed by atoms with Gasteiger partial charge >= 0.3 is 0 Å². The summed E-state index contributed by atoms with van der Waals surface area (Å²) in [5.41, 5.74) is 3.10. The first-order valence-electron chi connectivity index (χ1n) is 6.06. The second-order valence-corrected chi connectivity index (χ2v) is 4.62. The monoisotopic (exact) mass is 241 g/mol. The Morgan fingerprint density at radius 2 is 1.78 bits per heavy atom. The van der Waals surface area contributed by atoms with Gasteiger partial charge in [0, 0.05) is 18.2 Å². The quantitative estimate of drug-likeness (QED) is 0.672. The van der Waals surface area contributed by atoms with Gasteiger partial charge in [-0.3, -0.25) is 0 Å². The molecule has 0 amide bonds. The molecule has 3 nitrogen and oxygen atoms in total. The third-order valence-electron chi connectivity index (χ3n) is 3.51. The van der Waals surface area contributed by atoms with Crippen LogP contribution < -0.4 is 5.32 Å². The maximum atomic E-state index is 9.93. The van der Waals surface area contributed by atoms with Crippen molar-refractivity contribution in [1.82, 2.24) is 5.32 Å². The summed E-state index contributed by atoms with van der Waals surface area (Å²) < 4.78 is 0.